The number of carbonyl (C=O) groups is 3. The SMILES string of the molecule is CCCCCCCCC1CCC(C(=O)C[C@H](C(=O)N[C@@H](CCN)C(=O)C(C)C)[C@H](C)O)CC1. The van der Waals surface area contributed by atoms with E-state index in [9.17, 15) is 19.5 Å². The summed E-state index contributed by atoms with van der Waals surface area (Å²) in [4.78, 5) is 38.2. The number of ketones is 2. The smallest absolute Gasteiger partial charge is 0.226 e. The lowest BCUT2D eigenvalue weighted by Gasteiger charge is -2.29. The lowest BCUT2D eigenvalue weighted by molar-refractivity contribution is -0.137. The van der Waals surface area contributed by atoms with Gasteiger partial charge in [0, 0.05) is 18.3 Å². The molecule has 1 fully saturated rings. The van der Waals surface area contributed by atoms with Crippen molar-refractivity contribution in [2.75, 3.05) is 6.54 Å². The van der Waals surface area contributed by atoms with Crippen LogP contribution in [0.3, 0.4) is 0 Å². The summed E-state index contributed by atoms with van der Waals surface area (Å²) in [6, 6.07) is -0.670. The molecule has 0 aromatic heterocycles. The second-order valence-corrected chi connectivity index (χ2v) is 10.5. The first kappa shape index (κ1) is 29.8. The van der Waals surface area contributed by atoms with E-state index in [1.165, 1.54) is 51.9 Å². The lowest BCUT2D eigenvalue weighted by Crippen LogP contribution is -2.48. The predicted octanol–water partition coefficient (Wildman–Crippen LogP) is 4.56. The Kier molecular flexibility index (Phi) is 14.8. The monoisotopic (exact) mass is 466 g/mol. The first-order valence-corrected chi connectivity index (χ1v) is 13.5. The Labute approximate surface area is 201 Å². The minimum Gasteiger partial charge on any atom is -0.393 e. The molecule has 1 amide bonds. The summed E-state index contributed by atoms with van der Waals surface area (Å²) in [6.45, 7) is 7.63. The van der Waals surface area contributed by atoms with Gasteiger partial charge in [-0.15, -0.1) is 0 Å². The second-order valence-electron chi connectivity index (χ2n) is 10.5. The summed E-state index contributed by atoms with van der Waals surface area (Å²) in [5.74, 6) is -0.791. The van der Waals surface area contributed by atoms with Gasteiger partial charge in [0.05, 0.1) is 18.1 Å². The van der Waals surface area contributed by atoms with Crippen LogP contribution in [0.4, 0.5) is 0 Å². The fourth-order valence-corrected chi connectivity index (χ4v) is 4.99. The first-order valence-electron chi connectivity index (χ1n) is 13.5. The van der Waals surface area contributed by atoms with Crippen molar-refractivity contribution in [3.63, 3.8) is 0 Å². The number of nitrogens with one attached hydrogen (secondary N) is 1. The molecule has 1 aliphatic carbocycles. The van der Waals surface area contributed by atoms with Gasteiger partial charge < -0.3 is 16.2 Å². The Morgan fingerprint density at radius 2 is 1.58 bits per heavy atom. The van der Waals surface area contributed by atoms with Crippen LogP contribution in [0.2, 0.25) is 0 Å². The van der Waals surface area contributed by atoms with E-state index >= 15 is 0 Å². The van der Waals surface area contributed by atoms with Crippen molar-refractivity contribution in [1.82, 2.24) is 5.32 Å². The number of Topliss-reactive ketones (excluding diaryl/α,β-unsaturated/α-hetero) is 2. The van der Waals surface area contributed by atoms with Crippen molar-refractivity contribution in [3.8, 4) is 0 Å². The zero-order chi connectivity index (χ0) is 24.8. The van der Waals surface area contributed by atoms with Gasteiger partial charge >= 0.3 is 0 Å². The van der Waals surface area contributed by atoms with E-state index in [0.29, 0.717) is 6.42 Å². The Hall–Kier alpha value is -1.27. The lowest BCUT2D eigenvalue weighted by atomic mass is 9.76. The van der Waals surface area contributed by atoms with Gasteiger partial charge in [0.2, 0.25) is 5.91 Å². The zero-order valence-electron chi connectivity index (χ0n) is 21.6. The third kappa shape index (κ3) is 11.1. The summed E-state index contributed by atoms with van der Waals surface area (Å²) < 4.78 is 0. The van der Waals surface area contributed by atoms with Crippen molar-refractivity contribution in [2.24, 2.45) is 29.4 Å². The molecular formula is C27H50N2O4. The van der Waals surface area contributed by atoms with Crippen LogP contribution in [0.1, 0.15) is 111 Å². The van der Waals surface area contributed by atoms with E-state index in [1.54, 1.807) is 13.8 Å². The van der Waals surface area contributed by atoms with Crippen LogP contribution >= 0.6 is 0 Å². The summed E-state index contributed by atoms with van der Waals surface area (Å²) in [5, 5.41) is 13.0. The van der Waals surface area contributed by atoms with Gasteiger partial charge in [0.25, 0.3) is 0 Å². The molecule has 0 bridgehead atoms. The van der Waals surface area contributed by atoms with Crippen LogP contribution in [0.15, 0.2) is 0 Å². The van der Waals surface area contributed by atoms with Crippen LogP contribution in [-0.2, 0) is 14.4 Å². The molecule has 0 spiro atoms. The maximum Gasteiger partial charge on any atom is 0.226 e. The normalized spacial score (nSPS) is 21.4. The Morgan fingerprint density at radius 3 is 2.12 bits per heavy atom. The molecule has 0 unspecified atom stereocenters. The third-order valence-corrected chi connectivity index (χ3v) is 7.29. The first-order chi connectivity index (χ1) is 15.7. The Bertz CT molecular complexity index is 583. The summed E-state index contributed by atoms with van der Waals surface area (Å²) >= 11 is 0. The number of amides is 1. The van der Waals surface area contributed by atoms with Gasteiger partial charge in [-0.3, -0.25) is 14.4 Å². The van der Waals surface area contributed by atoms with Crippen LogP contribution in [0.25, 0.3) is 0 Å². The number of nitrogens with two attached hydrogens (primary N) is 1. The molecule has 1 aliphatic rings. The molecule has 0 saturated heterocycles. The van der Waals surface area contributed by atoms with Gasteiger partial charge in [-0.1, -0.05) is 65.7 Å². The molecular weight excluding hydrogens is 416 g/mol. The van der Waals surface area contributed by atoms with E-state index in [-0.39, 0.29) is 36.4 Å². The molecule has 0 aliphatic heterocycles. The molecule has 0 aromatic carbocycles. The molecule has 0 radical (unpaired) electrons. The number of aliphatic hydroxyl groups excluding tert-OH is 1. The Morgan fingerprint density at radius 1 is 0.970 bits per heavy atom. The van der Waals surface area contributed by atoms with Crippen LogP contribution in [0, 0.1) is 23.7 Å². The largest absolute Gasteiger partial charge is 0.393 e. The number of aliphatic hydroxyl groups is 1. The van der Waals surface area contributed by atoms with Gasteiger partial charge in [0.1, 0.15) is 5.78 Å². The molecule has 1 saturated carbocycles. The number of hydrogen-bond acceptors (Lipinski definition) is 5. The molecule has 33 heavy (non-hydrogen) atoms. The summed E-state index contributed by atoms with van der Waals surface area (Å²) in [7, 11) is 0. The molecule has 3 atom stereocenters. The van der Waals surface area contributed by atoms with Crippen LogP contribution in [0.5, 0.6) is 0 Å². The quantitative estimate of drug-likeness (QED) is 0.272. The van der Waals surface area contributed by atoms with Crippen molar-refractivity contribution in [2.45, 2.75) is 123 Å². The van der Waals surface area contributed by atoms with Crippen molar-refractivity contribution >= 4 is 17.5 Å². The minimum absolute atomic E-state index is 0.0167. The van der Waals surface area contributed by atoms with E-state index in [4.69, 9.17) is 5.73 Å². The summed E-state index contributed by atoms with van der Waals surface area (Å²) in [6.07, 6.45) is 12.5. The van der Waals surface area contributed by atoms with Gasteiger partial charge in [-0.2, -0.15) is 0 Å². The zero-order valence-corrected chi connectivity index (χ0v) is 21.6. The van der Waals surface area contributed by atoms with E-state index < -0.39 is 24.0 Å². The molecule has 192 valence electrons. The molecule has 6 nitrogen and oxygen atoms in total. The average Bonchev–Trinajstić information content (AvgIpc) is 2.78. The molecule has 0 aromatic rings. The van der Waals surface area contributed by atoms with Crippen LogP contribution in [-0.4, -0.2) is 41.3 Å². The molecule has 4 N–H and O–H groups in total. The second kappa shape index (κ2) is 16.4. The average molecular weight is 467 g/mol. The highest BCUT2D eigenvalue weighted by atomic mass is 16.3. The highest BCUT2D eigenvalue weighted by molar-refractivity contribution is 5.93. The summed E-state index contributed by atoms with van der Waals surface area (Å²) in [5.41, 5.74) is 5.62. The topological polar surface area (TPSA) is 109 Å². The predicted molar refractivity (Wildman–Crippen MR) is 134 cm³/mol. The van der Waals surface area contributed by atoms with Gasteiger partial charge in [-0.05, 0) is 51.5 Å². The van der Waals surface area contributed by atoms with E-state index in [1.807, 2.05) is 0 Å². The highest BCUT2D eigenvalue weighted by Crippen LogP contribution is 2.34. The molecule has 1 rings (SSSR count). The molecule has 6 heteroatoms. The number of unbranched alkanes of at least 4 members (excludes halogenated alkanes) is 5. The standard InChI is InChI=1S/C27H50N2O4/c1-5-6-7-8-9-10-11-21-12-14-22(15-13-21)25(31)18-23(20(4)30)27(33)29-24(16-17-28)26(32)19(2)3/h19-24,30H,5-18,28H2,1-4H3,(H,29,33)/t20-,21?,22?,23-,24-/m0/s1. The van der Waals surface area contributed by atoms with Gasteiger partial charge in [-0.25, -0.2) is 0 Å². The molecule has 0 heterocycles. The van der Waals surface area contributed by atoms with Crippen molar-refractivity contribution < 1.29 is 19.5 Å². The van der Waals surface area contributed by atoms with E-state index in [2.05, 4.69) is 12.2 Å². The van der Waals surface area contributed by atoms with Crippen LogP contribution < -0.4 is 11.1 Å². The Balaban J connectivity index is 2.51. The third-order valence-electron chi connectivity index (χ3n) is 7.29. The maximum absolute atomic E-state index is 13.0. The van der Waals surface area contributed by atoms with E-state index in [0.717, 1.165) is 31.6 Å². The number of hydrogen-bond donors (Lipinski definition) is 3. The van der Waals surface area contributed by atoms with Gasteiger partial charge in [0.15, 0.2) is 5.78 Å². The maximum atomic E-state index is 13.0. The number of rotatable bonds is 17. The van der Waals surface area contributed by atoms with Crippen molar-refractivity contribution in [1.29, 1.82) is 0 Å². The fraction of sp³-hybridized carbons (Fsp3) is 0.889. The number of carbonyl (C=O) groups excluding carboxylic acids is 3. The van der Waals surface area contributed by atoms with Crippen molar-refractivity contribution in [3.05, 3.63) is 0 Å². The fourth-order valence-electron chi connectivity index (χ4n) is 4.99. The highest BCUT2D eigenvalue weighted by Gasteiger charge is 2.33. The minimum atomic E-state index is -0.953.